The largest absolute Gasteiger partial charge is 0.478 e. The molecule has 7 heteroatoms. The number of aryl methyl sites for hydroxylation is 1. The van der Waals surface area contributed by atoms with Crippen LogP contribution in [0.15, 0.2) is 6.07 Å². The highest BCUT2D eigenvalue weighted by molar-refractivity contribution is 7.19. The van der Waals surface area contributed by atoms with Crippen molar-refractivity contribution in [1.82, 2.24) is 9.88 Å². The second kappa shape index (κ2) is 5.89. The van der Waals surface area contributed by atoms with E-state index in [4.69, 9.17) is 4.74 Å². The topological polar surface area (TPSA) is 82.6 Å². The number of carboxylic acids is 1. The van der Waals surface area contributed by atoms with Gasteiger partial charge in [-0.3, -0.25) is 4.79 Å². The lowest BCUT2D eigenvalue weighted by Crippen LogP contribution is -2.30. The van der Waals surface area contributed by atoms with Crippen molar-refractivity contribution >= 4 is 33.4 Å². The zero-order valence-electron chi connectivity index (χ0n) is 13.5. The second-order valence-corrected chi connectivity index (χ2v) is 7.96. The molecule has 1 aliphatic carbocycles. The van der Waals surface area contributed by atoms with Gasteiger partial charge in [-0.1, -0.05) is 0 Å². The number of nitrogens with one attached hydrogen (secondary N) is 1. The number of H-pyrrole nitrogens is 1. The Hall–Kier alpha value is -1.86. The molecule has 0 bridgehead atoms. The van der Waals surface area contributed by atoms with E-state index in [1.807, 2.05) is 0 Å². The molecule has 2 fully saturated rings. The van der Waals surface area contributed by atoms with Crippen LogP contribution >= 0.6 is 11.3 Å². The van der Waals surface area contributed by atoms with E-state index < -0.39 is 5.97 Å². The molecule has 2 N–H and O–H groups in total. The second-order valence-electron chi connectivity index (χ2n) is 6.70. The summed E-state index contributed by atoms with van der Waals surface area (Å²) in [4.78, 5) is 29.6. The van der Waals surface area contributed by atoms with Gasteiger partial charge >= 0.3 is 5.97 Å². The SMILES string of the molecule is Cc1sc2cc(C(=O)N3CCC(OCC4CC4)C3)[nH]c2c1C(=O)O. The highest BCUT2D eigenvalue weighted by atomic mass is 32.1. The van der Waals surface area contributed by atoms with Gasteiger partial charge in [0.1, 0.15) is 5.69 Å². The van der Waals surface area contributed by atoms with Gasteiger partial charge in [0, 0.05) is 24.6 Å². The van der Waals surface area contributed by atoms with Crippen LogP contribution in [0.4, 0.5) is 0 Å². The van der Waals surface area contributed by atoms with E-state index in [-0.39, 0.29) is 17.6 Å². The number of aromatic carboxylic acids is 1. The van der Waals surface area contributed by atoms with E-state index in [9.17, 15) is 14.7 Å². The predicted molar refractivity (Wildman–Crippen MR) is 90.9 cm³/mol. The number of fused-ring (bicyclic) bond motifs is 1. The number of nitrogens with zero attached hydrogens (tertiary/aromatic N) is 1. The third-order valence-electron chi connectivity index (χ3n) is 4.79. The van der Waals surface area contributed by atoms with Crippen LogP contribution in [-0.4, -0.2) is 52.7 Å². The van der Waals surface area contributed by atoms with Crippen molar-refractivity contribution in [3.8, 4) is 0 Å². The van der Waals surface area contributed by atoms with Crippen molar-refractivity contribution in [3.05, 3.63) is 22.2 Å². The van der Waals surface area contributed by atoms with Crippen molar-refractivity contribution in [2.45, 2.75) is 32.3 Å². The Labute approximate surface area is 143 Å². The van der Waals surface area contributed by atoms with E-state index in [0.29, 0.717) is 24.3 Å². The lowest BCUT2D eigenvalue weighted by Gasteiger charge is -2.16. The van der Waals surface area contributed by atoms with Crippen molar-refractivity contribution in [2.75, 3.05) is 19.7 Å². The van der Waals surface area contributed by atoms with Crippen LogP contribution in [-0.2, 0) is 4.74 Å². The van der Waals surface area contributed by atoms with Crippen molar-refractivity contribution in [3.63, 3.8) is 0 Å². The Morgan fingerprint density at radius 1 is 1.42 bits per heavy atom. The van der Waals surface area contributed by atoms with E-state index in [1.165, 1.54) is 24.2 Å². The number of hydrogen-bond acceptors (Lipinski definition) is 4. The van der Waals surface area contributed by atoms with Gasteiger partial charge in [0.05, 0.1) is 21.9 Å². The fourth-order valence-corrected chi connectivity index (χ4v) is 4.30. The van der Waals surface area contributed by atoms with Gasteiger partial charge in [0.2, 0.25) is 0 Å². The number of hydrogen-bond donors (Lipinski definition) is 2. The first-order chi connectivity index (χ1) is 11.5. The normalized spacial score (nSPS) is 20.9. The van der Waals surface area contributed by atoms with Gasteiger partial charge in [0.25, 0.3) is 5.91 Å². The van der Waals surface area contributed by atoms with Crippen LogP contribution < -0.4 is 0 Å². The molecule has 24 heavy (non-hydrogen) atoms. The summed E-state index contributed by atoms with van der Waals surface area (Å²) in [5.41, 5.74) is 1.27. The van der Waals surface area contributed by atoms with Crippen molar-refractivity contribution in [2.24, 2.45) is 5.92 Å². The van der Waals surface area contributed by atoms with Crippen LogP contribution in [0, 0.1) is 12.8 Å². The van der Waals surface area contributed by atoms with Crippen LogP contribution in [0.3, 0.4) is 0 Å². The molecule has 1 aliphatic heterocycles. The quantitative estimate of drug-likeness (QED) is 0.870. The maximum absolute atomic E-state index is 12.7. The van der Waals surface area contributed by atoms with Crippen LogP contribution in [0.25, 0.3) is 10.2 Å². The summed E-state index contributed by atoms with van der Waals surface area (Å²) >= 11 is 1.40. The first-order valence-corrected chi connectivity index (χ1v) is 9.11. The Morgan fingerprint density at radius 3 is 2.92 bits per heavy atom. The molecule has 1 unspecified atom stereocenters. The zero-order valence-corrected chi connectivity index (χ0v) is 14.3. The number of amides is 1. The lowest BCUT2D eigenvalue weighted by atomic mass is 10.2. The Balaban J connectivity index is 1.48. The maximum atomic E-state index is 12.7. The molecule has 2 aromatic rings. The van der Waals surface area contributed by atoms with Gasteiger partial charge in [-0.25, -0.2) is 4.79 Å². The molecule has 1 atom stereocenters. The van der Waals surface area contributed by atoms with E-state index >= 15 is 0 Å². The number of likely N-dealkylation sites (tertiary alicyclic amines) is 1. The molecule has 4 rings (SSSR count). The number of carboxylic acid groups (broad SMARTS) is 1. The third kappa shape index (κ3) is 2.82. The summed E-state index contributed by atoms with van der Waals surface area (Å²) in [6, 6.07) is 1.76. The summed E-state index contributed by atoms with van der Waals surface area (Å²) in [5, 5.41) is 9.33. The van der Waals surface area contributed by atoms with Gasteiger partial charge in [-0.05, 0) is 38.2 Å². The summed E-state index contributed by atoms with van der Waals surface area (Å²) in [6.07, 6.45) is 3.52. The number of aromatic amines is 1. The van der Waals surface area contributed by atoms with Gasteiger partial charge in [-0.2, -0.15) is 0 Å². The number of ether oxygens (including phenoxy) is 1. The minimum atomic E-state index is -0.964. The Bertz CT molecular complexity index is 805. The number of carbonyl (C=O) groups is 2. The molecular formula is C17H20N2O4S. The van der Waals surface area contributed by atoms with Gasteiger partial charge in [-0.15, -0.1) is 11.3 Å². The molecule has 2 aliphatic rings. The molecule has 128 valence electrons. The van der Waals surface area contributed by atoms with Crippen LogP contribution in [0.1, 0.15) is 45.0 Å². The summed E-state index contributed by atoms with van der Waals surface area (Å²) < 4.78 is 6.69. The predicted octanol–water partition coefficient (Wildman–Crippen LogP) is 2.88. The summed E-state index contributed by atoms with van der Waals surface area (Å²) in [5.74, 6) is -0.318. The lowest BCUT2D eigenvalue weighted by molar-refractivity contribution is 0.0479. The van der Waals surface area contributed by atoms with Gasteiger partial charge in [0.15, 0.2) is 0 Å². The first-order valence-electron chi connectivity index (χ1n) is 8.29. The van der Waals surface area contributed by atoms with E-state index in [1.54, 1.807) is 17.9 Å². The average Bonchev–Trinajstić information content (AvgIpc) is 2.96. The standard InChI is InChI=1S/C17H20N2O4S/c1-9-14(17(21)22)15-13(24-9)6-12(18-15)16(20)19-5-4-11(7-19)23-8-10-2-3-10/h6,10-11,18H,2-5,7-8H2,1H3,(H,21,22). The molecule has 1 amide bonds. The summed E-state index contributed by atoms with van der Waals surface area (Å²) in [6.45, 7) is 3.90. The van der Waals surface area contributed by atoms with Crippen molar-refractivity contribution < 1.29 is 19.4 Å². The average molecular weight is 348 g/mol. The van der Waals surface area contributed by atoms with Crippen molar-refractivity contribution in [1.29, 1.82) is 0 Å². The van der Waals surface area contributed by atoms with E-state index in [2.05, 4.69) is 4.98 Å². The fourth-order valence-electron chi connectivity index (χ4n) is 3.24. The smallest absolute Gasteiger partial charge is 0.338 e. The fraction of sp³-hybridized carbons (Fsp3) is 0.529. The monoisotopic (exact) mass is 348 g/mol. The number of rotatable bonds is 5. The maximum Gasteiger partial charge on any atom is 0.338 e. The zero-order chi connectivity index (χ0) is 16.8. The van der Waals surface area contributed by atoms with Gasteiger partial charge < -0.3 is 19.7 Å². The van der Waals surface area contributed by atoms with E-state index in [0.717, 1.165) is 28.5 Å². The molecule has 0 radical (unpaired) electrons. The molecule has 1 saturated carbocycles. The number of aromatic nitrogens is 1. The Morgan fingerprint density at radius 2 is 2.21 bits per heavy atom. The highest BCUT2D eigenvalue weighted by Crippen LogP contribution is 2.32. The molecule has 2 aromatic heterocycles. The molecule has 6 nitrogen and oxygen atoms in total. The first kappa shape index (κ1) is 15.7. The number of thiophene rings is 1. The third-order valence-corrected chi connectivity index (χ3v) is 5.84. The molecule has 1 saturated heterocycles. The molecule has 0 spiro atoms. The molecule has 3 heterocycles. The number of carbonyl (C=O) groups excluding carboxylic acids is 1. The highest BCUT2D eigenvalue weighted by Gasteiger charge is 2.31. The minimum Gasteiger partial charge on any atom is -0.478 e. The Kier molecular flexibility index (Phi) is 3.85. The molecule has 0 aromatic carbocycles. The minimum absolute atomic E-state index is 0.0788. The summed E-state index contributed by atoms with van der Waals surface area (Å²) in [7, 11) is 0. The molecular weight excluding hydrogens is 328 g/mol. The van der Waals surface area contributed by atoms with Crippen LogP contribution in [0.2, 0.25) is 0 Å². The van der Waals surface area contributed by atoms with Crippen LogP contribution in [0.5, 0.6) is 0 Å².